The fraction of sp³-hybridized carbons (Fsp3) is 0.269. The van der Waals surface area contributed by atoms with Crippen LogP contribution in [0, 0.1) is 17.7 Å². The van der Waals surface area contributed by atoms with E-state index in [-0.39, 0.29) is 29.0 Å². The number of carbonyl (C=O) groups is 1. The Morgan fingerprint density at radius 2 is 1.60 bits per heavy atom. The van der Waals surface area contributed by atoms with Crippen LogP contribution in [0.1, 0.15) is 24.0 Å². The molecule has 0 aromatic heterocycles. The average molecular weight is 506 g/mol. The van der Waals surface area contributed by atoms with Crippen molar-refractivity contribution in [3.05, 3.63) is 89.7 Å². The molecule has 1 aliphatic carbocycles. The molecule has 3 aromatic rings. The lowest BCUT2D eigenvalue weighted by atomic mass is 10.0. The zero-order chi connectivity index (χ0) is 25.2. The van der Waals surface area contributed by atoms with Crippen LogP contribution in [0.3, 0.4) is 0 Å². The van der Waals surface area contributed by atoms with Crippen LogP contribution in [0.2, 0.25) is 0 Å². The smallest absolute Gasteiger partial charge is 0.352 e. The number of carbonyl (C=O) groups excluding carboxylic acids is 1. The zero-order valence-electron chi connectivity index (χ0n) is 18.6. The molecule has 0 heterocycles. The fourth-order valence-electron chi connectivity index (χ4n) is 3.93. The third-order valence-corrected chi connectivity index (χ3v) is 7.83. The minimum Gasteiger partial charge on any atom is -0.352 e. The van der Waals surface area contributed by atoms with E-state index in [0.29, 0.717) is 11.1 Å². The maximum atomic E-state index is 13.2. The first kappa shape index (κ1) is 24.9. The van der Waals surface area contributed by atoms with Crippen molar-refractivity contribution in [2.75, 3.05) is 5.75 Å². The van der Waals surface area contributed by atoms with Gasteiger partial charge in [-0.25, -0.2) is 12.8 Å². The minimum atomic E-state index is -4.41. The fourth-order valence-corrected chi connectivity index (χ4v) is 5.57. The molecule has 1 amide bonds. The van der Waals surface area contributed by atoms with Crippen molar-refractivity contribution in [1.82, 2.24) is 5.32 Å². The Balaban J connectivity index is 1.43. The van der Waals surface area contributed by atoms with Crippen molar-refractivity contribution in [2.24, 2.45) is 11.8 Å². The third kappa shape index (κ3) is 6.28. The molecule has 4 rings (SSSR count). The lowest BCUT2D eigenvalue weighted by Crippen LogP contribution is -2.35. The summed E-state index contributed by atoms with van der Waals surface area (Å²) in [6.07, 6.45) is -2.88. The number of amides is 1. The number of rotatable bonds is 8. The zero-order valence-corrected chi connectivity index (χ0v) is 19.4. The Morgan fingerprint density at radius 1 is 0.943 bits per heavy atom. The molecule has 0 bridgehead atoms. The van der Waals surface area contributed by atoms with Gasteiger partial charge in [-0.05, 0) is 77.9 Å². The summed E-state index contributed by atoms with van der Waals surface area (Å²) in [7, 11) is -3.77. The van der Waals surface area contributed by atoms with E-state index in [1.54, 1.807) is 24.3 Å². The van der Waals surface area contributed by atoms with Gasteiger partial charge in [0.15, 0.2) is 9.84 Å². The molecule has 0 radical (unpaired) electrons. The van der Waals surface area contributed by atoms with Crippen LogP contribution in [0.15, 0.2) is 77.7 Å². The molecule has 4 nitrogen and oxygen atoms in total. The summed E-state index contributed by atoms with van der Waals surface area (Å²) in [5.74, 6) is -2.02. The molecule has 1 N–H and O–H groups in total. The molecule has 0 aliphatic heterocycles. The van der Waals surface area contributed by atoms with Gasteiger partial charge < -0.3 is 5.32 Å². The van der Waals surface area contributed by atoms with Crippen molar-refractivity contribution in [2.45, 2.75) is 30.5 Å². The van der Waals surface area contributed by atoms with E-state index in [9.17, 15) is 30.8 Å². The van der Waals surface area contributed by atoms with Crippen molar-refractivity contribution >= 4 is 15.7 Å². The van der Waals surface area contributed by atoms with Crippen LogP contribution in [-0.2, 0) is 27.4 Å². The molecule has 1 fully saturated rings. The average Bonchev–Trinajstić information content (AvgIpc) is 3.66. The maximum absolute atomic E-state index is 13.2. The standard InChI is InChI=1S/C26H23F4NO3S/c27-22-10-12-23(13-11-22)35(33,34)16-24(19-4-5-19)25(32)31-15-17-2-1-3-20(14-17)18-6-8-21(9-7-18)26(28,29)30/h1-3,6-14,19,24H,4-5,15-16H2,(H,31,32). The van der Waals surface area contributed by atoms with Gasteiger partial charge in [-0.3, -0.25) is 4.79 Å². The van der Waals surface area contributed by atoms with Crippen molar-refractivity contribution in [3.63, 3.8) is 0 Å². The molecule has 1 saturated carbocycles. The number of alkyl halides is 3. The van der Waals surface area contributed by atoms with E-state index < -0.39 is 33.3 Å². The van der Waals surface area contributed by atoms with Gasteiger partial charge >= 0.3 is 6.18 Å². The molecule has 9 heteroatoms. The van der Waals surface area contributed by atoms with Crippen LogP contribution in [0.25, 0.3) is 11.1 Å². The summed E-state index contributed by atoms with van der Waals surface area (Å²) < 4.78 is 77.2. The first-order chi connectivity index (χ1) is 16.5. The predicted octanol–water partition coefficient (Wildman–Crippen LogP) is 5.63. The van der Waals surface area contributed by atoms with Gasteiger partial charge in [0.1, 0.15) is 5.82 Å². The van der Waals surface area contributed by atoms with Gasteiger partial charge in [0, 0.05) is 6.54 Å². The summed E-state index contributed by atoms with van der Waals surface area (Å²) in [5, 5.41) is 2.80. The van der Waals surface area contributed by atoms with Gasteiger partial charge in [-0.2, -0.15) is 13.2 Å². The topological polar surface area (TPSA) is 63.2 Å². The number of hydrogen-bond acceptors (Lipinski definition) is 3. The normalized spacial score (nSPS) is 15.0. The molecule has 184 valence electrons. The van der Waals surface area contributed by atoms with Gasteiger partial charge in [0.25, 0.3) is 0 Å². The number of benzene rings is 3. The summed E-state index contributed by atoms with van der Waals surface area (Å²) in [4.78, 5) is 12.9. The number of nitrogens with one attached hydrogen (secondary N) is 1. The van der Waals surface area contributed by atoms with Crippen LogP contribution >= 0.6 is 0 Å². The lowest BCUT2D eigenvalue weighted by molar-refractivity contribution is -0.137. The highest BCUT2D eigenvalue weighted by atomic mass is 32.2. The molecule has 3 aromatic carbocycles. The minimum absolute atomic E-state index is 0.0243. The van der Waals surface area contributed by atoms with Crippen LogP contribution < -0.4 is 5.32 Å². The van der Waals surface area contributed by atoms with E-state index in [1.165, 1.54) is 24.3 Å². The summed E-state index contributed by atoms with van der Waals surface area (Å²) >= 11 is 0. The molecular formula is C26H23F4NO3S. The lowest BCUT2D eigenvalue weighted by Gasteiger charge is -2.17. The first-order valence-electron chi connectivity index (χ1n) is 11.1. The highest BCUT2D eigenvalue weighted by molar-refractivity contribution is 7.91. The highest BCUT2D eigenvalue weighted by Gasteiger charge is 2.39. The molecular weight excluding hydrogens is 482 g/mol. The van der Waals surface area contributed by atoms with E-state index in [4.69, 9.17) is 0 Å². The Bertz CT molecular complexity index is 1300. The Kier molecular flexibility index (Phi) is 6.98. The SMILES string of the molecule is O=C(NCc1cccc(-c2ccc(C(F)(F)F)cc2)c1)C(CS(=O)(=O)c1ccc(F)cc1)C1CC1. The Morgan fingerprint density at radius 3 is 2.20 bits per heavy atom. The van der Waals surface area contributed by atoms with Crippen molar-refractivity contribution in [3.8, 4) is 11.1 Å². The second-order valence-electron chi connectivity index (χ2n) is 8.67. The Labute approximate surface area is 200 Å². The Hall–Kier alpha value is -3.20. The number of sulfone groups is 1. The second-order valence-corrected chi connectivity index (χ2v) is 10.7. The molecule has 1 unspecified atom stereocenters. The van der Waals surface area contributed by atoms with Crippen LogP contribution in [0.4, 0.5) is 17.6 Å². The third-order valence-electron chi connectivity index (χ3n) is 6.04. The summed E-state index contributed by atoms with van der Waals surface area (Å²) in [5.41, 5.74) is 1.30. The highest BCUT2D eigenvalue weighted by Crippen LogP contribution is 2.38. The van der Waals surface area contributed by atoms with Crippen molar-refractivity contribution in [1.29, 1.82) is 0 Å². The molecule has 0 spiro atoms. The van der Waals surface area contributed by atoms with E-state index in [0.717, 1.165) is 42.7 Å². The molecule has 0 saturated heterocycles. The van der Waals surface area contributed by atoms with Crippen molar-refractivity contribution < 1.29 is 30.8 Å². The van der Waals surface area contributed by atoms with Gasteiger partial charge in [0.2, 0.25) is 5.91 Å². The van der Waals surface area contributed by atoms with Gasteiger partial charge in [-0.1, -0.05) is 30.3 Å². The van der Waals surface area contributed by atoms with E-state index >= 15 is 0 Å². The van der Waals surface area contributed by atoms with Crippen LogP contribution in [-0.4, -0.2) is 20.1 Å². The summed E-state index contributed by atoms with van der Waals surface area (Å²) in [6.45, 7) is 0.146. The maximum Gasteiger partial charge on any atom is 0.416 e. The molecule has 35 heavy (non-hydrogen) atoms. The molecule has 1 aliphatic rings. The predicted molar refractivity (Wildman–Crippen MR) is 123 cm³/mol. The second kappa shape index (κ2) is 9.81. The number of hydrogen-bond donors (Lipinski definition) is 1. The van der Waals surface area contributed by atoms with E-state index in [1.807, 2.05) is 0 Å². The summed E-state index contributed by atoms with van der Waals surface area (Å²) in [6, 6.07) is 16.4. The van der Waals surface area contributed by atoms with Crippen LogP contribution in [0.5, 0.6) is 0 Å². The van der Waals surface area contributed by atoms with Gasteiger partial charge in [0.05, 0.1) is 22.1 Å². The van der Waals surface area contributed by atoms with E-state index in [2.05, 4.69) is 5.32 Å². The monoisotopic (exact) mass is 505 g/mol. The number of halogens is 4. The largest absolute Gasteiger partial charge is 0.416 e. The first-order valence-corrected chi connectivity index (χ1v) is 12.7. The molecule has 1 atom stereocenters. The van der Waals surface area contributed by atoms with Gasteiger partial charge in [-0.15, -0.1) is 0 Å². The quantitative estimate of drug-likeness (QED) is 0.319.